The molecular weight excluding hydrogens is 466 g/mol. The highest BCUT2D eigenvalue weighted by atomic mass is 32.2. The van der Waals surface area contributed by atoms with Gasteiger partial charge >= 0.3 is 0 Å². The monoisotopic (exact) mass is 488 g/mol. The third-order valence-electron chi connectivity index (χ3n) is 5.57. The first-order valence-electron chi connectivity index (χ1n) is 10.7. The van der Waals surface area contributed by atoms with Crippen molar-refractivity contribution in [1.29, 1.82) is 0 Å². The number of thioether (sulfide) groups is 1. The Morgan fingerprint density at radius 1 is 1.24 bits per heavy atom. The average Bonchev–Trinajstić information content (AvgIpc) is 3.43. The molecule has 2 aromatic rings. The highest BCUT2D eigenvalue weighted by molar-refractivity contribution is 8.14. The Balaban J connectivity index is 1.52. The van der Waals surface area contributed by atoms with E-state index in [-0.39, 0.29) is 22.9 Å². The molecule has 1 amide bonds. The predicted octanol–water partition coefficient (Wildman–Crippen LogP) is 3.40. The van der Waals surface area contributed by atoms with Crippen molar-refractivity contribution in [2.75, 3.05) is 7.11 Å². The van der Waals surface area contributed by atoms with Crippen molar-refractivity contribution in [3.8, 4) is 16.9 Å². The minimum Gasteiger partial charge on any atom is -0.494 e. The molecule has 3 N–H and O–H groups in total. The van der Waals surface area contributed by atoms with Crippen LogP contribution in [0.25, 0.3) is 11.1 Å². The number of amides is 1. The van der Waals surface area contributed by atoms with Crippen LogP contribution in [-0.2, 0) is 4.74 Å². The van der Waals surface area contributed by atoms with E-state index in [1.54, 1.807) is 25.1 Å². The number of carbonyl (C=O) groups excluding carboxylic acids is 1. The quantitative estimate of drug-likeness (QED) is 0.572. The summed E-state index contributed by atoms with van der Waals surface area (Å²) in [6.07, 6.45) is 0.403. The highest BCUT2D eigenvalue weighted by Gasteiger charge is 2.36. The molecule has 12 heteroatoms. The molecule has 5 rings (SSSR count). The fourth-order valence-corrected chi connectivity index (χ4v) is 4.74. The number of carbonyl (C=O) groups is 1. The molecule has 1 aromatic heterocycles. The first kappa shape index (κ1) is 22.4. The van der Waals surface area contributed by atoms with Gasteiger partial charge in [-0.2, -0.15) is 5.10 Å². The maximum Gasteiger partial charge on any atom is 0.280 e. The Hall–Kier alpha value is -3.41. The van der Waals surface area contributed by atoms with Gasteiger partial charge in [0, 0.05) is 16.7 Å². The summed E-state index contributed by atoms with van der Waals surface area (Å²) in [6.45, 7) is 1.79. The Morgan fingerprint density at radius 2 is 2.06 bits per heavy atom. The van der Waals surface area contributed by atoms with Crippen LogP contribution < -0.4 is 20.9 Å². The van der Waals surface area contributed by atoms with Crippen LogP contribution in [0.1, 0.15) is 47.8 Å². The Morgan fingerprint density at radius 3 is 2.74 bits per heavy atom. The topological polar surface area (TPSA) is 109 Å². The summed E-state index contributed by atoms with van der Waals surface area (Å²) in [4.78, 5) is 17.0. The zero-order valence-corrected chi connectivity index (χ0v) is 19.2. The van der Waals surface area contributed by atoms with Crippen LogP contribution in [0.3, 0.4) is 0 Å². The SMILES string of the molecule is COc1cnc(C(F)F)cc1-c1cc(C2=NNC(C)O2)ccc1C(=O)NC1=NNC(C2CC2)S1. The van der Waals surface area contributed by atoms with E-state index in [2.05, 4.69) is 31.4 Å². The summed E-state index contributed by atoms with van der Waals surface area (Å²) >= 11 is 1.47. The number of nitrogens with one attached hydrogen (secondary N) is 3. The van der Waals surface area contributed by atoms with Gasteiger partial charge in [-0.25, -0.2) is 8.78 Å². The maximum atomic E-state index is 13.4. The van der Waals surface area contributed by atoms with Gasteiger partial charge in [0.1, 0.15) is 11.4 Å². The number of amidine groups is 1. The summed E-state index contributed by atoms with van der Waals surface area (Å²) in [5, 5.41) is 11.8. The molecule has 0 saturated heterocycles. The number of hydrogen-bond acceptors (Lipinski definition) is 9. The minimum absolute atomic E-state index is 0.151. The van der Waals surface area contributed by atoms with E-state index in [9.17, 15) is 13.6 Å². The van der Waals surface area contributed by atoms with E-state index in [0.717, 1.165) is 12.8 Å². The van der Waals surface area contributed by atoms with Crippen molar-refractivity contribution < 1.29 is 23.0 Å². The zero-order valence-electron chi connectivity index (χ0n) is 18.3. The molecule has 2 aliphatic heterocycles. The van der Waals surface area contributed by atoms with Crippen molar-refractivity contribution in [2.24, 2.45) is 16.1 Å². The summed E-state index contributed by atoms with van der Waals surface area (Å²) in [7, 11) is 1.41. The first-order valence-corrected chi connectivity index (χ1v) is 11.6. The van der Waals surface area contributed by atoms with E-state index in [1.165, 1.54) is 31.1 Å². The van der Waals surface area contributed by atoms with Crippen molar-refractivity contribution in [1.82, 2.24) is 21.2 Å². The molecule has 3 heterocycles. The maximum absolute atomic E-state index is 13.4. The lowest BCUT2D eigenvalue weighted by atomic mass is 9.96. The van der Waals surface area contributed by atoms with Crippen LogP contribution in [-0.4, -0.2) is 40.7 Å². The van der Waals surface area contributed by atoms with Gasteiger partial charge in [0.25, 0.3) is 12.3 Å². The normalized spacial score (nSPS) is 21.3. The Labute approximate surface area is 198 Å². The molecule has 2 atom stereocenters. The highest BCUT2D eigenvalue weighted by Crippen LogP contribution is 2.40. The summed E-state index contributed by atoms with van der Waals surface area (Å²) < 4.78 is 37.9. The van der Waals surface area contributed by atoms with Crippen molar-refractivity contribution in [3.63, 3.8) is 0 Å². The summed E-state index contributed by atoms with van der Waals surface area (Å²) in [5.41, 5.74) is 6.93. The molecule has 3 aliphatic rings. The lowest BCUT2D eigenvalue weighted by Gasteiger charge is -2.16. The lowest BCUT2D eigenvalue weighted by Crippen LogP contribution is -2.28. The number of rotatable bonds is 6. The Kier molecular flexibility index (Phi) is 5.98. The second-order valence-corrected chi connectivity index (χ2v) is 9.18. The van der Waals surface area contributed by atoms with E-state index >= 15 is 0 Å². The van der Waals surface area contributed by atoms with Crippen LogP contribution >= 0.6 is 11.8 Å². The Bertz CT molecular complexity index is 1190. The van der Waals surface area contributed by atoms with Gasteiger partial charge in [-0.15, -0.1) is 5.10 Å². The van der Waals surface area contributed by atoms with Crippen molar-refractivity contribution in [2.45, 2.75) is 37.8 Å². The molecule has 1 fully saturated rings. The first-order chi connectivity index (χ1) is 16.4. The van der Waals surface area contributed by atoms with E-state index in [0.29, 0.717) is 33.7 Å². The van der Waals surface area contributed by atoms with E-state index < -0.39 is 18.0 Å². The predicted molar refractivity (Wildman–Crippen MR) is 124 cm³/mol. The second kappa shape index (κ2) is 9.09. The van der Waals surface area contributed by atoms with Crippen molar-refractivity contribution >= 4 is 28.7 Å². The zero-order chi connectivity index (χ0) is 23.8. The van der Waals surface area contributed by atoms with Gasteiger partial charge in [0.2, 0.25) is 5.90 Å². The van der Waals surface area contributed by atoms with E-state index in [4.69, 9.17) is 9.47 Å². The number of ether oxygens (including phenoxy) is 2. The molecule has 34 heavy (non-hydrogen) atoms. The number of methoxy groups -OCH3 is 1. The van der Waals surface area contributed by atoms with Crippen LogP contribution in [0.2, 0.25) is 0 Å². The number of hydrogen-bond donors (Lipinski definition) is 3. The lowest BCUT2D eigenvalue weighted by molar-refractivity contribution is 0.0978. The van der Waals surface area contributed by atoms with Gasteiger partial charge in [-0.05, 0) is 55.5 Å². The molecule has 0 bridgehead atoms. The molecule has 1 aliphatic carbocycles. The van der Waals surface area contributed by atoms with E-state index in [1.807, 2.05) is 0 Å². The largest absolute Gasteiger partial charge is 0.494 e. The number of nitrogens with zero attached hydrogens (tertiary/aromatic N) is 3. The van der Waals surface area contributed by atoms with Gasteiger partial charge in [-0.3, -0.25) is 25.9 Å². The number of hydrazone groups is 2. The number of benzene rings is 1. The number of halogens is 2. The second-order valence-electron chi connectivity index (χ2n) is 8.05. The number of alkyl halides is 2. The fourth-order valence-electron chi connectivity index (χ4n) is 3.67. The van der Waals surface area contributed by atoms with Gasteiger partial charge in [0.15, 0.2) is 11.4 Å². The molecule has 9 nitrogen and oxygen atoms in total. The molecule has 0 radical (unpaired) electrons. The molecular formula is C22H22F2N6O3S. The van der Waals surface area contributed by atoms with Crippen LogP contribution in [0.4, 0.5) is 8.78 Å². The smallest absolute Gasteiger partial charge is 0.280 e. The van der Waals surface area contributed by atoms with Crippen molar-refractivity contribution in [3.05, 3.63) is 47.3 Å². The molecule has 2 unspecified atom stereocenters. The van der Waals surface area contributed by atoms with Gasteiger partial charge in [0.05, 0.1) is 18.7 Å². The molecule has 1 saturated carbocycles. The average molecular weight is 489 g/mol. The third-order valence-corrected chi connectivity index (χ3v) is 6.73. The van der Waals surface area contributed by atoms with Crippen LogP contribution in [0, 0.1) is 5.92 Å². The number of aromatic nitrogens is 1. The van der Waals surface area contributed by atoms with Crippen LogP contribution in [0.15, 0.2) is 40.7 Å². The van der Waals surface area contributed by atoms with Crippen LogP contribution in [0.5, 0.6) is 5.75 Å². The standard InChI is InChI=1S/C22H22F2N6O3S/c1-10-27-28-20(33-10)12-5-6-13(19(31)26-22-30-29-21(34-22)11-3-4-11)14(7-12)15-8-16(18(23)24)25-9-17(15)32-2/h5-11,18,21,27,29H,3-4H2,1-2H3,(H,26,30,31). The third kappa shape index (κ3) is 4.49. The van der Waals surface area contributed by atoms with Gasteiger partial charge < -0.3 is 9.47 Å². The fraction of sp³-hybridized carbons (Fsp3) is 0.364. The minimum atomic E-state index is -2.78. The molecule has 0 spiro atoms. The van der Waals surface area contributed by atoms with Gasteiger partial charge in [-0.1, -0.05) is 11.8 Å². The molecule has 178 valence electrons. The number of pyridine rings is 1. The molecule has 1 aromatic carbocycles. The summed E-state index contributed by atoms with van der Waals surface area (Å²) in [5.74, 6) is 0.703. The summed E-state index contributed by atoms with van der Waals surface area (Å²) in [6, 6.07) is 6.18.